The highest BCUT2D eigenvalue weighted by Crippen LogP contribution is 2.20. The van der Waals surface area contributed by atoms with Gasteiger partial charge in [0, 0.05) is 24.2 Å². The summed E-state index contributed by atoms with van der Waals surface area (Å²) in [6.07, 6.45) is 0.837. The molecule has 0 aliphatic carbocycles. The Labute approximate surface area is 125 Å². The average molecular weight is 307 g/mol. The summed E-state index contributed by atoms with van der Waals surface area (Å²) in [5.41, 5.74) is -0.354. The van der Waals surface area contributed by atoms with Crippen molar-refractivity contribution in [3.8, 4) is 5.88 Å². The van der Waals surface area contributed by atoms with Crippen molar-refractivity contribution in [3.63, 3.8) is 0 Å². The topological polar surface area (TPSA) is 56.2 Å². The highest BCUT2D eigenvalue weighted by Gasteiger charge is 2.17. The molecule has 0 fully saturated rings. The van der Waals surface area contributed by atoms with Gasteiger partial charge in [-0.3, -0.25) is 4.57 Å². The molecule has 2 heterocycles. The van der Waals surface area contributed by atoms with Crippen molar-refractivity contribution >= 4 is 5.82 Å². The molecule has 0 saturated carbocycles. The van der Waals surface area contributed by atoms with Gasteiger partial charge in [0.15, 0.2) is 11.6 Å². The molecular weight excluding hydrogens is 292 g/mol. The van der Waals surface area contributed by atoms with Gasteiger partial charge in [0.05, 0.1) is 0 Å². The number of ether oxygens (including phenoxy) is 1. The Kier molecular flexibility index (Phi) is 3.79. The summed E-state index contributed by atoms with van der Waals surface area (Å²) in [5, 5.41) is 3.17. The van der Waals surface area contributed by atoms with Gasteiger partial charge in [0.25, 0.3) is 0 Å². The van der Waals surface area contributed by atoms with Crippen molar-refractivity contribution in [1.29, 1.82) is 0 Å². The van der Waals surface area contributed by atoms with E-state index >= 15 is 0 Å². The molecule has 1 atom stereocenters. The Bertz CT molecular complexity index is 761. The van der Waals surface area contributed by atoms with Gasteiger partial charge < -0.3 is 10.1 Å². The maximum absolute atomic E-state index is 13.6. The molecule has 1 unspecified atom stereocenters. The third-order valence-corrected chi connectivity index (χ3v) is 3.57. The van der Waals surface area contributed by atoms with Crippen molar-refractivity contribution in [1.82, 2.24) is 9.55 Å². The largest absolute Gasteiger partial charge is 0.472 e. The van der Waals surface area contributed by atoms with Crippen LogP contribution in [0.1, 0.15) is 18.9 Å². The number of benzene rings is 1. The van der Waals surface area contributed by atoms with Crippen LogP contribution in [0, 0.1) is 11.6 Å². The Morgan fingerprint density at radius 2 is 2.27 bits per heavy atom. The van der Waals surface area contributed by atoms with Crippen LogP contribution in [-0.4, -0.2) is 15.6 Å². The molecule has 2 aromatic rings. The lowest BCUT2D eigenvalue weighted by Crippen LogP contribution is -2.34. The summed E-state index contributed by atoms with van der Waals surface area (Å²) in [7, 11) is 0. The lowest BCUT2D eigenvalue weighted by Gasteiger charge is -2.25. The second-order valence-electron chi connectivity index (χ2n) is 5.25. The Balaban J connectivity index is 1.81. The number of aromatic nitrogens is 2. The highest BCUT2D eigenvalue weighted by atomic mass is 19.2. The van der Waals surface area contributed by atoms with E-state index in [2.05, 4.69) is 10.3 Å². The zero-order chi connectivity index (χ0) is 15.7. The molecule has 7 heteroatoms. The average Bonchev–Trinajstić information content (AvgIpc) is 2.48. The second-order valence-corrected chi connectivity index (χ2v) is 5.25. The van der Waals surface area contributed by atoms with Crippen LogP contribution in [0.4, 0.5) is 14.6 Å². The van der Waals surface area contributed by atoms with E-state index in [0.29, 0.717) is 12.4 Å². The number of nitrogens with zero attached hydrogens (tertiary/aromatic N) is 2. The quantitative estimate of drug-likeness (QED) is 0.945. The van der Waals surface area contributed by atoms with Gasteiger partial charge in [-0.1, -0.05) is 12.1 Å². The minimum absolute atomic E-state index is 0.0703. The van der Waals surface area contributed by atoms with Crippen molar-refractivity contribution < 1.29 is 13.5 Å². The van der Waals surface area contributed by atoms with E-state index in [-0.39, 0.29) is 24.1 Å². The molecule has 1 aromatic heterocycles. The van der Waals surface area contributed by atoms with Crippen LogP contribution in [0.25, 0.3) is 0 Å². The standard InChI is InChI=1S/C15H15F2N3O2/c1-9-5-6-20-12(18-9)7-13(19-15(20)21)22-8-10-3-2-4-11(16)14(10)17/h2-4,7,9,18H,5-6,8H2,1H3. The van der Waals surface area contributed by atoms with Crippen LogP contribution in [0.3, 0.4) is 0 Å². The zero-order valence-electron chi connectivity index (χ0n) is 12.0. The highest BCUT2D eigenvalue weighted by molar-refractivity contribution is 5.41. The molecule has 116 valence electrons. The predicted octanol–water partition coefficient (Wildman–Crippen LogP) is 2.30. The first-order valence-electron chi connectivity index (χ1n) is 6.98. The molecular formula is C15H15F2N3O2. The second kappa shape index (κ2) is 5.75. The molecule has 0 bridgehead atoms. The SMILES string of the molecule is CC1CCn2c(cc(OCc3cccc(F)c3F)nc2=O)N1. The fraction of sp³-hybridized carbons (Fsp3) is 0.333. The Morgan fingerprint density at radius 1 is 1.45 bits per heavy atom. The smallest absolute Gasteiger partial charge is 0.352 e. The number of halogens is 2. The summed E-state index contributed by atoms with van der Waals surface area (Å²) < 4.78 is 33.5. The van der Waals surface area contributed by atoms with Crippen LogP contribution in [0.5, 0.6) is 5.88 Å². The number of hydrogen-bond donors (Lipinski definition) is 1. The molecule has 1 aliphatic heterocycles. The third kappa shape index (κ3) is 2.79. The number of anilines is 1. The maximum atomic E-state index is 13.6. The number of hydrogen-bond acceptors (Lipinski definition) is 4. The molecule has 0 saturated heterocycles. The number of rotatable bonds is 3. The van der Waals surface area contributed by atoms with Gasteiger partial charge in [-0.2, -0.15) is 4.98 Å². The summed E-state index contributed by atoms with van der Waals surface area (Å²) in [4.78, 5) is 15.7. The van der Waals surface area contributed by atoms with Crippen molar-refractivity contribution in [2.45, 2.75) is 32.5 Å². The van der Waals surface area contributed by atoms with E-state index < -0.39 is 17.3 Å². The zero-order valence-corrected chi connectivity index (χ0v) is 12.0. The Hall–Kier alpha value is -2.44. The minimum atomic E-state index is -0.955. The fourth-order valence-corrected chi connectivity index (χ4v) is 2.35. The fourth-order valence-electron chi connectivity index (χ4n) is 2.35. The summed E-state index contributed by atoms with van der Waals surface area (Å²) in [6, 6.07) is 5.69. The first-order chi connectivity index (χ1) is 10.5. The van der Waals surface area contributed by atoms with Gasteiger partial charge in [0.1, 0.15) is 12.4 Å². The Morgan fingerprint density at radius 3 is 3.09 bits per heavy atom. The monoisotopic (exact) mass is 307 g/mol. The van der Waals surface area contributed by atoms with E-state index in [4.69, 9.17) is 4.74 Å². The van der Waals surface area contributed by atoms with Crippen molar-refractivity contribution in [3.05, 3.63) is 51.9 Å². The van der Waals surface area contributed by atoms with Gasteiger partial charge in [-0.05, 0) is 19.4 Å². The van der Waals surface area contributed by atoms with E-state index in [1.165, 1.54) is 16.7 Å². The molecule has 0 amide bonds. The molecule has 3 rings (SSSR count). The van der Waals surface area contributed by atoms with Crippen LogP contribution in [0.15, 0.2) is 29.1 Å². The van der Waals surface area contributed by atoms with Gasteiger partial charge in [-0.15, -0.1) is 0 Å². The van der Waals surface area contributed by atoms with Gasteiger partial charge in [0.2, 0.25) is 5.88 Å². The van der Waals surface area contributed by atoms with Crippen LogP contribution >= 0.6 is 0 Å². The van der Waals surface area contributed by atoms with Crippen LogP contribution in [-0.2, 0) is 13.2 Å². The first-order valence-corrected chi connectivity index (χ1v) is 6.98. The van der Waals surface area contributed by atoms with Crippen molar-refractivity contribution in [2.24, 2.45) is 0 Å². The third-order valence-electron chi connectivity index (χ3n) is 3.57. The summed E-state index contributed by atoms with van der Waals surface area (Å²) in [6.45, 7) is 2.40. The van der Waals surface area contributed by atoms with E-state index in [1.54, 1.807) is 6.07 Å². The van der Waals surface area contributed by atoms with E-state index in [9.17, 15) is 13.6 Å². The number of nitrogens with one attached hydrogen (secondary N) is 1. The van der Waals surface area contributed by atoms with E-state index in [1.807, 2.05) is 6.92 Å². The lowest BCUT2D eigenvalue weighted by molar-refractivity contribution is 0.282. The molecule has 22 heavy (non-hydrogen) atoms. The first kappa shape index (κ1) is 14.5. The molecule has 0 radical (unpaired) electrons. The predicted molar refractivity (Wildman–Crippen MR) is 76.9 cm³/mol. The van der Waals surface area contributed by atoms with Gasteiger partial charge >= 0.3 is 5.69 Å². The molecule has 0 spiro atoms. The molecule has 1 aromatic carbocycles. The summed E-state index contributed by atoms with van der Waals surface area (Å²) >= 11 is 0. The minimum Gasteiger partial charge on any atom is -0.472 e. The van der Waals surface area contributed by atoms with Gasteiger partial charge in [-0.25, -0.2) is 13.6 Å². The lowest BCUT2D eigenvalue weighted by atomic mass is 10.2. The molecule has 1 N–H and O–H groups in total. The van der Waals surface area contributed by atoms with Crippen LogP contribution in [0.2, 0.25) is 0 Å². The van der Waals surface area contributed by atoms with Crippen LogP contribution < -0.4 is 15.7 Å². The van der Waals surface area contributed by atoms with E-state index in [0.717, 1.165) is 12.5 Å². The molecule has 5 nitrogen and oxygen atoms in total. The summed E-state index contributed by atoms with van der Waals surface area (Å²) in [5.74, 6) is -1.19. The molecule has 1 aliphatic rings. The number of fused-ring (bicyclic) bond motifs is 1. The normalized spacial score (nSPS) is 16.8. The maximum Gasteiger partial charge on any atom is 0.352 e. The van der Waals surface area contributed by atoms with Crippen molar-refractivity contribution in [2.75, 3.05) is 5.32 Å².